The number of hydrogen-bond acceptors (Lipinski definition) is 1. The molecule has 0 spiro atoms. The van der Waals surface area contributed by atoms with Crippen molar-refractivity contribution < 1.29 is 4.79 Å². The molecule has 1 amide bonds. The Morgan fingerprint density at radius 3 is 2.54 bits per heavy atom. The van der Waals surface area contributed by atoms with Crippen LogP contribution in [0, 0.1) is 0 Å². The molecule has 1 aromatic carbocycles. The van der Waals surface area contributed by atoms with E-state index in [1.54, 1.807) is 24.3 Å². The van der Waals surface area contributed by atoms with Crippen LogP contribution in [0.3, 0.4) is 0 Å². The molecule has 1 rings (SSSR count). The van der Waals surface area contributed by atoms with Gasteiger partial charge in [0.1, 0.15) is 0 Å². The molecule has 0 aromatic heterocycles. The zero-order valence-corrected chi connectivity index (χ0v) is 8.14. The van der Waals surface area contributed by atoms with E-state index >= 15 is 0 Å². The van der Waals surface area contributed by atoms with Crippen LogP contribution in [0.1, 0.15) is 5.56 Å². The van der Waals surface area contributed by atoms with E-state index in [1.807, 2.05) is 0 Å². The number of rotatable bonds is 2. The molecule has 2 nitrogen and oxygen atoms in total. The second-order valence-corrected chi connectivity index (χ2v) is 3.22. The third kappa shape index (κ3) is 3.09. The highest BCUT2D eigenvalue weighted by Gasteiger charge is 1.96. The van der Waals surface area contributed by atoms with Gasteiger partial charge >= 0.3 is 0 Å². The van der Waals surface area contributed by atoms with Crippen LogP contribution in [0.2, 0.25) is 10.0 Å². The fraction of sp³-hybridized carbons (Fsp3) is 0. The Morgan fingerprint density at radius 1 is 1.31 bits per heavy atom. The second-order valence-electron chi connectivity index (χ2n) is 2.41. The maximum atomic E-state index is 10.4. The predicted octanol–water partition coefficient (Wildman–Crippen LogP) is 2.49. The van der Waals surface area contributed by atoms with Crippen molar-refractivity contribution in [1.82, 2.24) is 0 Å². The highest BCUT2D eigenvalue weighted by atomic mass is 35.5. The minimum absolute atomic E-state index is 0.452. The molecule has 4 heteroatoms. The lowest BCUT2D eigenvalue weighted by atomic mass is 10.2. The van der Waals surface area contributed by atoms with Crippen LogP contribution in [-0.4, -0.2) is 5.91 Å². The van der Waals surface area contributed by atoms with Crippen molar-refractivity contribution in [3.8, 4) is 0 Å². The van der Waals surface area contributed by atoms with E-state index in [2.05, 4.69) is 0 Å². The Labute approximate surface area is 85.9 Å². The van der Waals surface area contributed by atoms with Gasteiger partial charge in [0, 0.05) is 6.08 Å². The Balaban J connectivity index is 2.92. The van der Waals surface area contributed by atoms with Crippen molar-refractivity contribution in [2.75, 3.05) is 0 Å². The van der Waals surface area contributed by atoms with Crippen LogP contribution >= 0.6 is 23.2 Å². The molecule has 0 aliphatic rings. The first-order valence-electron chi connectivity index (χ1n) is 3.52. The molecule has 0 bridgehead atoms. The minimum Gasteiger partial charge on any atom is -0.366 e. The predicted molar refractivity (Wildman–Crippen MR) is 54.7 cm³/mol. The summed E-state index contributed by atoms with van der Waals surface area (Å²) in [6.45, 7) is 0. The molecule has 1 aromatic rings. The zero-order valence-electron chi connectivity index (χ0n) is 6.63. The normalized spacial score (nSPS) is 10.6. The van der Waals surface area contributed by atoms with E-state index < -0.39 is 5.91 Å². The van der Waals surface area contributed by atoms with Gasteiger partial charge in [0.2, 0.25) is 5.91 Å². The van der Waals surface area contributed by atoms with Crippen LogP contribution in [-0.2, 0) is 4.79 Å². The molecular formula is C9H7Cl2NO. The van der Waals surface area contributed by atoms with Gasteiger partial charge in [0.05, 0.1) is 10.0 Å². The molecule has 0 unspecified atom stereocenters. The molecule has 0 atom stereocenters. The first-order chi connectivity index (χ1) is 6.09. The van der Waals surface area contributed by atoms with E-state index in [4.69, 9.17) is 28.9 Å². The largest absolute Gasteiger partial charge is 0.366 e. The number of halogens is 2. The van der Waals surface area contributed by atoms with Gasteiger partial charge in [-0.05, 0) is 23.8 Å². The Morgan fingerprint density at radius 2 is 2.00 bits per heavy atom. The quantitative estimate of drug-likeness (QED) is 0.758. The molecule has 0 heterocycles. The Kier molecular flexibility index (Phi) is 3.34. The molecule has 13 heavy (non-hydrogen) atoms. The molecule has 68 valence electrons. The monoisotopic (exact) mass is 215 g/mol. The molecule has 0 fully saturated rings. The van der Waals surface area contributed by atoms with Crippen LogP contribution in [0.5, 0.6) is 0 Å². The van der Waals surface area contributed by atoms with Gasteiger partial charge in [-0.1, -0.05) is 29.3 Å². The molecule has 0 saturated carbocycles. The minimum atomic E-state index is -0.494. The molecule has 2 N–H and O–H groups in total. The summed E-state index contributed by atoms with van der Waals surface area (Å²) in [6.07, 6.45) is 2.84. The lowest BCUT2D eigenvalue weighted by molar-refractivity contribution is -0.113. The average Bonchev–Trinajstić information content (AvgIpc) is 2.07. The topological polar surface area (TPSA) is 43.1 Å². The summed E-state index contributed by atoms with van der Waals surface area (Å²) in [5.74, 6) is -0.494. The number of hydrogen-bond donors (Lipinski definition) is 1. The fourth-order valence-electron chi connectivity index (χ4n) is 0.794. The van der Waals surface area contributed by atoms with E-state index in [9.17, 15) is 4.79 Å². The number of carbonyl (C=O) groups excluding carboxylic acids is 1. The number of amides is 1. The smallest absolute Gasteiger partial charge is 0.241 e. The van der Waals surface area contributed by atoms with Gasteiger partial charge in [-0.15, -0.1) is 0 Å². The van der Waals surface area contributed by atoms with Crippen LogP contribution in [0.15, 0.2) is 24.3 Å². The first-order valence-corrected chi connectivity index (χ1v) is 4.28. The molecule has 0 saturated heterocycles. The maximum Gasteiger partial charge on any atom is 0.241 e. The van der Waals surface area contributed by atoms with E-state index in [0.717, 1.165) is 5.56 Å². The fourth-order valence-corrected chi connectivity index (χ4v) is 1.10. The number of nitrogens with two attached hydrogens (primary N) is 1. The average molecular weight is 216 g/mol. The van der Waals surface area contributed by atoms with Crippen molar-refractivity contribution in [2.24, 2.45) is 5.73 Å². The third-order valence-electron chi connectivity index (χ3n) is 1.38. The lowest BCUT2D eigenvalue weighted by Crippen LogP contribution is -2.04. The van der Waals surface area contributed by atoms with Gasteiger partial charge < -0.3 is 5.73 Å². The Bertz CT molecular complexity index is 361. The number of benzene rings is 1. The van der Waals surface area contributed by atoms with Crippen LogP contribution in [0.25, 0.3) is 6.08 Å². The molecule has 0 radical (unpaired) electrons. The Hall–Kier alpha value is -0.990. The van der Waals surface area contributed by atoms with Crippen LogP contribution in [0.4, 0.5) is 0 Å². The third-order valence-corrected chi connectivity index (χ3v) is 2.12. The first kappa shape index (κ1) is 10.1. The highest BCUT2D eigenvalue weighted by Crippen LogP contribution is 2.22. The van der Waals surface area contributed by atoms with Crippen molar-refractivity contribution in [3.05, 3.63) is 39.9 Å². The summed E-state index contributed by atoms with van der Waals surface area (Å²) in [4.78, 5) is 10.4. The molecule has 0 aliphatic carbocycles. The van der Waals surface area contributed by atoms with Gasteiger partial charge in [-0.25, -0.2) is 0 Å². The van der Waals surface area contributed by atoms with E-state index in [0.29, 0.717) is 10.0 Å². The molecular weight excluding hydrogens is 209 g/mol. The van der Waals surface area contributed by atoms with Crippen molar-refractivity contribution in [2.45, 2.75) is 0 Å². The summed E-state index contributed by atoms with van der Waals surface area (Å²) in [5, 5.41) is 0.936. The highest BCUT2D eigenvalue weighted by molar-refractivity contribution is 6.42. The van der Waals surface area contributed by atoms with Gasteiger partial charge in [0.15, 0.2) is 0 Å². The zero-order chi connectivity index (χ0) is 9.84. The maximum absolute atomic E-state index is 10.4. The summed E-state index contributed by atoms with van der Waals surface area (Å²) in [7, 11) is 0. The summed E-state index contributed by atoms with van der Waals surface area (Å²) in [6, 6.07) is 5.06. The van der Waals surface area contributed by atoms with Crippen molar-refractivity contribution >= 4 is 35.2 Å². The SMILES string of the molecule is NC(=O)/C=C/c1ccc(Cl)c(Cl)c1. The van der Waals surface area contributed by atoms with E-state index in [1.165, 1.54) is 6.08 Å². The standard InChI is InChI=1S/C9H7Cl2NO/c10-7-3-1-6(5-8(7)11)2-4-9(12)13/h1-5H,(H2,12,13)/b4-2+. The molecule has 0 aliphatic heterocycles. The summed E-state index contributed by atoms with van der Waals surface area (Å²) < 4.78 is 0. The van der Waals surface area contributed by atoms with Gasteiger partial charge in [-0.2, -0.15) is 0 Å². The van der Waals surface area contributed by atoms with E-state index in [-0.39, 0.29) is 0 Å². The van der Waals surface area contributed by atoms with Gasteiger partial charge in [-0.3, -0.25) is 4.79 Å². The van der Waals surface area contributed by atoms with Crippen LogP contribution < -0.4 is 5.73 Å². The summed E-state index contributed by atoms with van der Waals surface area (Å²) >= 11 is 11.4. The van der Waals surface area contributed by atoms with Gasteiger partial charge in [0.25, 0.3) is 0 Å². The number of primary amides is 1. The van der Waals surface area contributed by atoms with Crippen molar-refractivity contribution in [3.63, 3.8) is 0 Å². The lowest BCUT2D eigenvalue weighted by Gasteiger charge is -1.96. The summed E-state index contributed by atoms with van der Waals surface area (Å²) in [5.41, 5.74) is 5.71. The number of carbonyl (C=O) groups is 1. The van der Waals surface area contributed by atoms with Crippen molar-refractivity contribution in [1.29, 1.82) is 0 Å². The second kappa shape index (κ2) is 4.30.